The monoisotopic (exact) mass is 1040 g/mol. The maximum absolute atomic E-state index is 13.5. The number of hydrogen-bond donors (Lipinski definition) is 6. The van der Waals surface area contributed by atoms with Gasteiger partial charge in [0, 0.05) is 59.6 Å². The second-order valence-corrected chi connectivity index (χ2v) is 24.7. The number of fused-ring (bicyclic) bond motifs is 4. The van der Waals surface area contributed by atoms with Crippen molar-refractivity contribution in [1.82, 2.24) is 4.72 Å². The summed E-state index contributed by atoms with van der Waals surface area (Å²) < 4.78 is 175. The lowest BCUT2D eigenvalue weighted by Crippen LogP contribution is -2.28. The number of nitrogens with one attached hydrogen (secondary N) is 1. The molecular weight excluding hydrogens is 989 g/mol. The summed E-state index contributed by atoms with van der Waals surface area (Å²) in [6.45, 7) is 11.4. The van der Waals surface area contributed by atoms with Crippen LogP contribution < -0.4 is 9.62 Å². The van der Waals surface area contributed by atoms with Crippen molar-refractivity contribution in [2.24, 2.45) is 0 Å². The number of methoxy groups -OCH3 is 1. The van der Waals surface area contributed by atoms with Crippen LogP contribution in [-0.4, -0.2) is 104 Å². The molecule has 24 heteroatoms. The first-order valence-electron chi connectivity index (χ1n) is 20.9. The number of unbranched alkanes of at least 4 members (excludes halogenated alkanes) is 2. The summed E-state index contributed by atoms with van der Waals surface area (Å²) in [5.41, 5.74) is 0.136. The summed E-state index contributed by atoms with van der Waals surface area (Å²) in [4.78, 5) is 10.4. The number of aryl methyl sites for hydroxylation is 1. The highest BCUT2D eigenvalue weighted by molar-refractivity contribution is 7.89. The number of carbonyl (C=O) groups is 1. The van der Waals surface area contributed by atoms with Crippen molar-refractivity contribution in [2.45, 2.75) is 96.6 Å². The van der Waals surface area contributed by atoms with Gasteiger partial charge in [-0.2, -0.15) is 33.7 Å². The number of hydrogen-bond acceptors (Lipinski definition) is 13. The third kappa shape index (κ3) is 11.9. The molecule has 0 spiro atoms. The van der Waals surface area contributed by atoms with Crippen LogP contribution in [-0.2, 0) is 70.9 Å². The van der Waals surface area contributed by atoms with Crippen LogP contribution >= 0.6 is 0 Å². The fourth-order valence-electron chi connectivity index (χ4n) is 8.91. The summed E-state index contributed by atoms with van der Waals surface area (Å²) in [6, 6.07) is 9.74. The molecule has 0 radical (unpaired) electrons. The van der Waals surface area contributed by atoms with E-state index in [1.165, 1.54) is 31.4 Å². The van der Waals surface area contributed by atoms with Gasteiger partial charge in [0.1, 0.15) is 9.79 Å². The summed E-state index contributed by atoms with van der Waals surface area (Å²) in [7, 11) is -22.7. The van der Waals surface area contributed by atoms with E-state index in [1.807, 2.05) is 18.7 Å². The van der Waals surface area contributed by atoms with E-state index in [0.29, 0.717) is 54.4 Å². The number of nitrogens with zero attached hydrogens (tertiary/aromatic N) is 1. The molecule has 0 saturated carbocycles. The van der Waals surface area contributed by atoms with Gasteiger partial charge in [0.25, 0.3) is 40.5 Å². The lowest BCUT2D eigenvalue weighted by atomic mass is 9.70. The molecule has 19 nitrogen and oxygen atoms in total. The van der Waals surface area contributed by atoms with Gasteiger partial charge in [-0.15, -0.1) is 0 Å². The number of benzene rings is 4. The Morgan fingerprint density at radius 2 is 1.38 bits per heavy atom. The molecule has 6 N–H and O–H groups in total. The predicted octanol–water partition coefficient (Wildman–Crippen LogP) is 6.33. The van der Waals surface area contributed by atoms with Gasteiger partial charge in [0.2, 0.25) is 10.0 Å². The van der Waals surface area contributed by atoms with E-state index in [-0.39, 0.29) is 65.1 Å². The molecule has 0 bridgehead atoms. The average Bonchev–Trinajstić information content (AvgIpc) is 3.42. The molecule has 4 aromatic rings. The van der Waals surface area contributed by atoms with Gasteiger partial charge in [-0.05, 0) is 102 Å². The number of sulfonamides is 1. The van der Waals surface area contributed by atoms with Gasteiger partial charge in [-0.1, -0.05) is 64.1 Å². The van der Waals surface area contributed by atoms with Crippen LogP contribution in [0.25, 0.3) is 21.5 Å². The van der Waals surface area contributed by atoms with E-state index in [0.717, 1.165) is 12.1 Å². The molecule has 1 aliphatic rings. The molecule has 0 saturated heterocycles. The Morgan fingerprint density at radius 3 is 1.96 bits per heavy atom. The lowest BCUT2D eigenvalue weighted by Gasteiger charge is -2.34. The Kier molecular flexibility index (Phi) is 16.0. The largest absolute Gasteiger partial charge is 0.481 e. The predicted molar refractivity (Wildman–Crippen MR) is 255 cm³/mol. The maximum Gasteiger partial charge on any atom is 0.303 e. The van der Waals surface area contributed by atoms with E-state index in [9.17, 15) is 70.2 Å². The van der Waals surface area contributed by atoms with Crippen LogP contribution in [0.2, 0.25) is 0 Å². The molecule has 0 aliphatic carbocycles. The van der Waals surface area contributed by atoms with Crippen LogP contribution in [0.4, 0.5) is 5.69 Å². The molecule has 1 heterocycles. The Hall–Kier alpha value is -4.60. The molecule has 0 aromatic heterocycles. The minimum absolute atomic E-state index is 0.00509. The zero-order chi connectivity index (χ0) is 51.0. The molecule has 0 fully saturated rings. The van der Waals surface area contributed by atoms with Crippen LogP contribution in [0.15, 0.2) is 104 Å². The fourth-order valence-corrected chi connectivity index (χ4v) is 12.6. The number of rotatable bonds is 22. The molecule has 5 rings (SSSR count). The minimum Gasteiger partial charge on any atom is -0.481 e. The first-order valence-corrected chi connectivity index (χ1v) is 28.3. The third-order valence-electron chi connectivity index (χ3n) is 12.1. The normalized spacial score (nSPS) is 16.2. The van der Waals surface area contributed by atoms with Gasteiger partial charge < -0.3 is 14.7 Å². The van der Waals surface area contributed by atoms with Gasteiger partial charge in [-0.3, -0.25) is 23.0 Å². The number of aliphatic carboxylic acids is 1. The smallest absolute Gasteiger partial charge is 0.303 e. The maximum atomic E-state index is 13.5. The molecule has 68 heavy (non-hydrogen) atoms. The number of carboxylic acid groups (broad SMARTS) is 1. The first kappa shape index (κ1) is 54.3. The van der Waals surface area contributed by atoms with E-state index < -0.39 is 92.6 Å². The van der Waals surface area contributed by atoms with Gasteiger partial charge in [0.05, 0.1) is 22.2 Å². The van der Waals surface area contributed by atoms with E-state index in [1.54, 1.807) is 38.1 Å². The summed E-state index contributed by atoms with van der Waals surface area (Å²) >= 11 is 0. The summed E-state index contributed by atoms with van der Waals surface area (Å²) in [5.74, 6) is -1.67. The van der Waals surface area contributed by atoms with Crippen LogP contribution in [0.5, 0.6) is 0 Å². The molecule has 4 aromatic carbocycles. The highest BCUT2D eigenvalue weighted by Gasteiger charge is 2.42. The quantitative estimate of drug-likeness (QED) is 0.0284. The van der Waals surface area contributed by atoms with Crippen molar-refractivity contribution in [2.75, 3.05) is 37.5 Å². The summed E-state index contributed by atoms with van der Waals surface area (Å²) in [6.07, 6.45) is 5.91. The molecule has 1 unspecified atom stereocenters. The Labute approximate surface area is 396 Å². The number of anilines is 1. The second-order valence-electron chi connectivity index (χ2n) is 17.2. The van der Waals surface area contributed by atoms with Gasteiger partial charge in [-0.25, -0.2) is 13.1 Å². The first-order chi connectivity index (χ1) is 31.3. The standard InChI is InChI=1S/C44H54N2O17S5/c1-28-15-16-32-34(25-31(66(54,55)56)27-38(32)68(60,61)62)41(28)44(5,19-11-23-64(49,50)51)29(2)12-10-13-39-43(3,4)42-35-24-30(65(52,53)45-20-22-63-6)26-37(67(57,58)59)33(35)17-18-36(42)46(39)21-9-7-8-14-40(47)48/h10,12-13,15-18,24-27,45H,2,7-9,11,14,19-23H2,1,3-6H3,(H,47,48)(H,49,50,51)(H,54,55,56)(H,57,58,59)(H,60,61,62)/b12-10+,39-13+. The Balaban J connectivity index is 1.75. The van der Waals surface area contributed by atoms with Crippen molar-refractivity contribution in [3.63, 3.8) is 0 Å². The molecule has 1 aliphatic heterocycles. The van der Waals surface area contributed by atoms with Crippen LogP contribution in [0.1, 0.15) is 76.0 Å². The highest BCUT2D eigenvalue weighted by Crippen LogP contribution is 2.52. The van der Waals surface area contributed by atoms with E-state index in [2.05, 4.69) is 11.3 Å². The average molecular weight is 1040 g/mol. The molecular formula is C44H54N2O17S5. The SMILES string of the molecule is C=C(/C=C/C=C1/N(CCCCCC(=O)O)c2ccc3c(S(=O)(=O)O)cc(S(=O)(=O)NCCOC)cc3c2C1(C)C)C(C)(CCCS(=O)(=O)O)c1c(C)ccc2c(S(=O)(=O)O)cc(S(=O)(=O)O)cc12. The van der Waals surface area contributed by atoms with E-state index >= 15 is 0 Å². The zero-order valence-corrected chi connectivity index (χ0v) is 41.8. The number of allylic oxidation sites excluding steroid dienone is 5. The van der Waals surface area contributed by atoms with Gasteiger partial charge >= 0.3 is 5.97 Å². The second kappa shape index (κ2) is 20.0. The summed E-state index contributed by atoms with van der Waals surface area (Å²) in [5, 5.41) is 9.29. The van der Waals surface area contributed by atoms with Crippen LogP contribution in [0, 0.1) is 6.92 Å². The Bertz CT molecular complexity index is 3330. The minimum atomic E-state index is -5.10. The van der Waals surface area contributed by atoms with Crippen LogP contribution in [0.3, 0.4) is 0 Å². The lowest BCUT2D eigenvalue weighted by molar-refractivity contribution is -0.137. The van der Waals surface area contributed by atoms with Crippen molar-refractivity contribution >= 4 is 83.7 Å². The topological polar surface area (TPSA) is 313 Å². The van der Waals surface area contributed by atoms with Crippen molar-refractivity contribution in [1.29, 1.82) is 0 Å². The fraction of sp³-hybridized carbons (Fsp3) is 0.386. The third-order valence-corrected chi connectivity index (χ3v) is 17.0. The van der Waals surface area contributed by atoms with Gasteiger partial charge in [0.15, 0.2) is 0 Å². The molecule has 372 valence electrons. The molecule has 1 atom stereocenters. The number of carboxylic acids is 1. The Morgan fingerprint density at radius 1 is 0.794 bits per heavy atom. The van der Waals surface area contributed by atoms with E-state index in [4.69, 9.17) is 4.74 Å². The zero-order valence-electron chi connectivity index (χ0n) is 37.8. The van der Waals surface area contributed by atoms with Crippen molar-refractivity contribution in [3.05, 3.63) is 101 Å². The number of ether oxygens (including phenoxy) is 1. The van der Waals surface area contributed by atoms with Crippen molar-refractivity contribution in [3.8, 4) is 0 Å². The van der Waals surface area contributed by atoms with Crippen molar-refractivity contribution < 1.29 is 74.9 Å². The highest BCUT2D eigenvalue weighted by atomic mass is 32.2. The molecule has 0 amide bonds.